The maximum Gasteiger partial charge on any atom is 0.261 e. The number of ether oxygens (including phenoxy) is 3. The van der Waals surface area contributed by atoms with E-state index in [9.17, 15) is 9.59 Å². The van der Waals surface area contributed by atoms with Crippen molar-refractivity contribution in [2.24, 2.45) is 0 Å². The van der Waals surface area contributed by atoms with Gasteiger partial charge in [-0.05, 0) is 31.7 Å². The maximum absolute atomic E-state index is 13.3. The summed E-state index contributed by atoms with van der Waals surface area (Å²) in [5.74, 6) is 1.20. The summed E-state index contributed by atoms with van der Waals surface area (Å²) >= 11 is 0. The summed E-state index contributed by atoms with van der Waals surface area (Å²) in [6.45, 7) is 6.11. The minimum atomic E-state index is -0.571. The Kier molecular flexibility index (Phi) is 10.5. The summed E-state index contributed by atoms with van der Waals surface area (Å²) in [5.41, 5.74) is 1.10. The second-order valence-electron chi connectivity index (χ2n) is 7.90. The number of carbonyl (C=O) groups is 2. The summed E-state index contributed by atoms with van der Waals surface area (Å²) in [6.07, 6.45) is 1.98. The average molecular weight is 457 g/mol. The Balaban J connectivity index is 2.18. The molecule has 0 aromatic heterocycles. The lowest BCUT2D eigenvalue weighted by Gasteiger charge is -2.31. The summed E-state index contributed by atoms with van der Waals surface area (Å²) in [4.78, 5) is 27.9. The first-order valence-electron chi connectivity index (χ1n) is 11.4. The van der Waals surface area contributed by atoms with Gasteiger partial charge in [-0.2, -0.15) is 0 Å². The lowest BCUT2D eigenvalue weighted by Crippen LogP contribution is -2.52. The zero-order chi connectivity index (χ0) is 24.2. The lowest BCUT2D eigenvalue weighted by molar-refractivity contribution is -0.142. The molecule has 0 fully saturated rings. The molecule has 0 aliphatic rings. The molecule has 2 aromatic rings. The number of nitrogens with zero attached hydrogens (tertiary/aromatic N) is 1. The highest BCUT2D eigenvalue weighted by Crippen LogP contribution is 2.27. The van der Waals surface area contributed by atoms with Gasteiger partial charge in [0.25, 0.3) is 5.91 Å². The molecule has 7 heteroatoms. The summed E-state index contributed by atoms with van der Waals surface area (Å²) < 4.78 is 16.3. The maximum atomic E-state index is 13.3. The highest BCUT2D eigenvalue weighted by molar-refractivity contribution is 5.88. The van der Waals surface area contributed by atoms with Gasteiger partial charge in [0.2, 0.25) is 5.91 Å². The number of carbonyl (C=O) groups excluding carboxylic acids is 2. The van der Waals surface area contributed by atoms with Gasteiger partial charge in [0, 0.05) is 30.8 Å². The van der Waals surface area contributed by atoms with Crippen LogP contribution in [0.5, 0.6) is 17.2 Å². The number of methoxy groups -OCH3 is 2. The number of hydrogen-bond acceptors (Lipinski definition) is 5. The molecule has 2 atom stereocenters. The number of amides is 2. The molecule has 0 spiro atoms. The zero-order valence-corrected chi connectivity index (χ0v) is 20.3. The molecule has 0 unspecified atom stereocenters. The minimum absolute atomic E-state index is 0.0399. The molecular formula is C26H36N2O5. The van der Waals surface area contributed by atoms with E-state index in [1.54, 1.807) is 37.3 Å². The number of hydrogen-bond donors (Lipinski definition) is 1. The quantitative estimate of drug-likeness (QED) is 0.495. The Labute approximate surface area is 197 Å². The van der Waals surface area contributed by atoms with Crippen LogP contribution in [-0.2, 0) is 16.0 Å². The fraction of sp³-hybridized carbons (Fsp3) is 0.462. The van der Waals surface area contributed by atoms with E-state index in [2.05, 4.69) is 5.32 Å². The molecule has 0 aliphatic heterocycles. The second kappa shape index (κ2) is 13.4. The van der Waals surface area contributed by atoms with Gasteiger partial charge in [0.15, 0.2) is 6.61 Å². The van der Waals surface area contributed by atoms with Crippen molar-refractivity contribution in [1.82, 2.24) is 10.2 Å². The van der Waals surface area contributed by atoms with Gasteiger partial charge in [-0.1, -0.05) is 44.2 Å². The Bertz CT molecular complexity index is 865. The second-order valence-corrected chi connectivity index (χ2v) is 7.90. The van der Waals surface area contributed by atoms with Crippen LogP contribution in [0.1, 0.15) is 39.2 Å². The first kappa shape index (κ1) is 26.0. The molecule has 0 aliphatic carbocycles. The minimum Gasteiger partial charge on any atom is -0.496 e. The van der Waals surface area contributed by atoms with Crippen molar-refractivity contribution in [3.05, 3.63) is 54.1 Å². The third-order valence-electron chi connectivity index (χ3n) is 5.56. The van der Waals surface area contributed by atoms with Crippen molar-refractivity contribution in [3.63, 3.8) is 0 Å². The highest BCUT2D eigenvalue weighted by Gasteiger charge is 2.29. The van der Waals surface area contributed by atoms with E-state index in [1.807, 2.05) is 51.1 Å². The third-order valence-corrected chi connectivity index (χ3v) is 5.56. The molecule has 2 aromatic carbocycles. The van der Waals surface area contributed by atoms with Gasteiger partial charge >= 0.3 is 0 Å². The largest absolute Gasteiger partial charge is 0.496 e. The predicted molar refractivity (Wildman–Crippen MR) is 129 cm³/mol. The first-order valence-corrected chi connectivity index (χ1v) is 11.4. The molecule has 0 radical (unpaired) electrons. The van der Waals surface area contributed by atoms with Crippen LogP contribution in [0.4, 0.5) is 0 Å². The fourth-order valence-corrected chi connectivity index (χ4v) is 3.43. The van der Waals surface area contributed by atoms with E-state index < -0.39 is 6.04 Å². The molecule has 0 bridgehead atoms. The molecule has 1 N–H and O–H groups in total. The van der Waals surface area contributed by atoms with E-state index in [1.165, 1.54) is 0 Å². The van der Waals surface area contributed by atoms with Gasteiger partial charge < -0.3 is 24.4 Å². The highest BCUT2D eigenvalue weighted by atomic mass is 16.5. The van der Waals surface area contributed by atoms with Crippen molar-refractivity contribution >= 4 is 11.8 Å². The number of rotatable bonds is 13. The molecular weight excluding hydrogens is 420 g/mol. The molecule has 0 saturated carbocycles. The van der Waals surface area contributed by atoms with Gasteiger partial charge in [-0.25, -0.2) is 0 Å². The van der Waals surface area contributed by atoms with Crippen LogP contribution in [0.3, 0.4) is 0 Å². The topological polar surface area (TPSA) is 77.1 Å². The molecule has 2 amide bonds. The average Bonchev–Trinajstić information content (AvgIpc) is 2.85. The van der Waals surface area contributed by atoms with E-state index in [0.29, 0.717) is 36.6 Å². The Morgan fingerprint density at radius 2 is 1.55 bits per heavy atom. The third kappa shape index (κ3) is 8.00. The summed E-state index contributed by atoms with van der Waals surface area (Å²) in [6, 6.07) is 14.5. The van der Waals surface area contributed by atoms with Crippen molar-refractivity contribution in [1.29, 1.82) is 0 Å². The van der Waals surface area contributed by atoms with Gasteiger partial charge in [0.1, 0.15) is 23.3 Å². The Morgan fingerprint density at radius 3 is 2.09 bits per heavy atom. The zero-order valence-electron chi connectivity index (χ0n) is 20.3. The lowest BCUT2D eigenvalue weighted by atomic mass is 10.1. The summed E-state index contributed by atoms with van der Waals surface area (Å²) in [7, 11) is 3.10. The van der Waals surface area contributed by atoms with Crippen LogP contribution in [0.25, 0.3) is 0 Å². The smallest absolute Gasteiger partial charge is 0.261 e. The predicted octanol–water partition coefficient (Wildman–Crippen LogP) is 3.85. The van der Waals surface area contributed by atoms with Crippen molar-refractivity contribution in [3.8, 4) is 17.2 Å². The van der Waals surface area contributed by atoms with Gasteiger partial charge in [-0.15, -0.1) is 0 Å². The summed E-state index contributed by atoms with van der Waals surface area (Å²) in [5, 5.41) is 3.01. The molecule has 180 valence electrons. The number of benzene rings is 2. The van der Waals surface area contributed by atoms with Crippen LogP contribution in [-0.4, -0.2) is 56.2 Å². The van der Waals surface area contributed by atoms with Gasteiger partial charge in [0.05, 0.1) is 14.2 Å². The van der Waals surface area contributed by atoms with Crippen LogP contribution in [0.15, 0.2) is 48.5 Å². The molecule has 2 rings (SSSR count). The molecule has 33 heavy (non-hydrogen) atoms. The van der Waals surface area contributed by atoms with E-state index in [4.69, 9.17) is 14.2 Å². The normalized spacial score (nSPS) is 12.4. The standard InChI is InChI=1S/C26H36N2O5/c1-6-19(3)27-26(30)24(7-2)28(14-13-20-11-9-8-10-12-20)25(29)18-33-23-16-21(31-4)15-22(17-23)32-5/h8-12,15-17,19,24H,6-7,13-14,18H2,1-5H3,(H,27,30)/t19-,24+/m1/s1. The van der Waals surface area contributed by atoms with E-state index in [0.717, 1.165) is 12.0 Å². The Hall–Kier alpha value is -3.22. The monoisotopic (exact) mass is 456 g/mol. The van der Waals surface area contributed by atoms with Crippen LogP contribution in [0.2, 0.25) is 0 Å². The first-order chi connectivity index (χ1) is 15.9. The van der Waals surface area contributed by atoms with Gasteiger partial charge in [-0.3, -0.25) is 9.59 Å². The Morgan fingerprint density at radius 1 is 0.939 bits per heavy atom. The molecule has 0 heterocycles. The SMILES string of the molecule is CC[C@@H](C)NC(=O)[C@H](CC)N(CCc1ccccc1)C(=O)COc1cc(OC)cc(OC)c1. The van der Waals surface area contributed by atoms with Crippen LogP contribution in [0, 0.1) is 0 Å². The fourth-order valence-electron chi connectivity index (χ4n) is 3.43. The van der Waals surface area contributed by atoms with Crippen molar-refractivity contribution in [2.45, 2.75) is 52.1 Å². The number of nitrogens with one attached hydrogen (secondary N) is 1. The molecule has 7 nitrogen and oxygen atoms in total. The van der Waals surface area contributed by atoms with Crippen molar-refractivity contribution < 1.29 is 23.8 Å². The van der Waals surface area contributed by atoms with E-state index in [-0.39, 0.29) is 24.5 Å². The van der Waals surface area contributed by atoms with Crippen molar-refractivity contribution in [2.75, 3.05) is 27.4 Å². The van der Waals surface area contributed by atoms with Crippen LogP contribution >= 0.6 is 0 Å². The molecule has 0 saturated heterocycles. The van der Waals surface area contributed by atoms with Crippen LogP contribution < -0.4 is 19.5 Å². The van der Waals surface area contributed by atoms with E-state index >= 15 is 0 Å².